The standard InChI is InChI=1S/C25H36N4OS.HI/c1-3-26-25(27-17-20(2)31-24-7-5-4-6-8-24)28-18-21-9-11-23(12-10-21)29-15-13-22(19-30)14-16-29;/h4-12,20,22,30H,3,13-19H2,1-2H3,(H2,26,27,28);1H. The Kier molecular flexibility index (Phi) is 12.3. The molecule has 0 aromatic heterocycles. The number of halogens is 1. The van der Waals surface area contributed by atoms with Gasteiger partial charge in [-0.3, -0.25) is 0 Å². The number of hydrogen-bond donors (Lipinski definition) is 3. The monoisotopic (exact) mass is 568 g/mol. The topological polar surface area (TPSA) is 59.9 Å². The molecule has 1 aliphatic heterocycles. The molecule has 1 fully saturated rings. The highest BCUT2D eigenvalue weighted by atomic mass is 127. The van der Waals surface area contributed by atoms with Crippen molar-refractivity contribution in [3.05, 3.63) is 60.2 Å². The number of anilines is 1. The highest BCUT2D eigenvalue weighted by molar-refractivity contribution is 14.0. The number of rotatable bonds is 9. The zero-order chi connectivity index (χ0) is 21.9. The molecule has 0 amide bonds. The van der Waals surface area contributed by atoms with Gasteiger partial charge in [0, 0.05) is 48.6 Å². The summed E-state index contributed by atoms with van der Waals surface area (Å²) < 4.78 is 0. The minimum atomic E-state index is 0. The third-order valence-corrected chi connectivity index (χ3v) is 6.69. The normalized spacial score (nSPS) is 15.7. The molecule has 176 valence electrons. The van der Waals surface area contributed by atoms with E-state index in [1.54, 1.807) is 0 Å². The van der Waals surface area contributed by atoms with E-state index in [2.05, 4.69) is 84.0 Å². The molecule has 0 spiro atoms. The number of thioether (sulfide) groups is 1. The molecule has 1 saturated heterocycles. The molecular weight excluding hydrogens is 531 g/mol. The molecule has 3 N–H and O–H groups in total. The Bertz CT molecular complexity index is 795. The molecule has 2 aromatic carbocycles. The van der Waals surface area contributed by atoms with Crippen molar-refractivity contribution in [1.82, 2.24) is 10.6 Å². The van der Waals surface area contributed by atoms with Crippen LogP contribution in [0.3, 0.4) is 0 Å². The van der Waals surface area contributed by atoms with Crippen molar-refractivity contribution in [2.75, 3.05) is 37.7 Å². The molecular formula is C25H37IN4OS. The van der Waals surface area contributed by atoms with E-state index in [-0.39, 0.29) is 24.0 Å². The maximum atomic E-state index is 9.32. The molecule has 5 nitrogen and oxygen atoms in total. The summed E-state index contributed by atoms with van der Waals surface area (Å²) in [4.78, 5) is 8.47. The number of guanidine groups is 1. The van der Waals surface area contributed by atoms with Gasteiger partial charge in [-0.05, 0) is 55.5 Å². The quantitative estimate of drug-likeness (QED) is 0.177. The molecule has 2 aromatic rings. The Morgan fingerprint density at radius 3 is 2.41 bits per heavy atom. The lowest BCUT2D eigenvalue weighted by Gasteiger charge is -2.32. The lowest BCUT2D eigenvalue weighted by Crippen LogP contribution is -2.40. The number of benzene rings is 2. The summed E-state index contributed by atoms with van der Waals surface area (Å²) in [6.07, 6.45) is 2.14. The van der Waals surface area contributed by atoms with Gasteiger partial charge in [-0.25, -0.2) is 4.99 Å². The second-order valence-electron chi connectivity index (χ2n) is 8.10. The van der Waals surface area contributed by atoms with E-state index in [1.165, 1.54) is 16.1 Å². The van der Waals surface area contributed by atoms with Crippen molar-refractivity contribution in [1.29, 1.82) is 0 Å². The molecule has 32 heavy (non-hydrogen) atoms. The largest absolute Gasteiger partial charge is 0.396 e. The van der Waals surface area contributed by atoms with Gasteiger partial charge in [-0.2, -0.15) is 0 Å². The Morgan fingerprint density at radius 2 is 1.78 bits per heavy atom. The lowest BCUT2D eigenvalue weighted by atomic mass is 9.97. The van der Waals surface area contributed by atoms with Crippen LogP contribution < -0.4 is 15.5 Å². The summed E-state index contributed by atoms with van der Waals surface area (Å²) in [7, 11) is 0. The van der Waals surface area contributed by atoms with E-state index in [9.17, 15) is 5.11 Å². The first-order valence-electron chi connectivity index (χ1n) is 11.4. The van der Waals surface area contributed by atoms with Gasteiger partial charge >= 0.3 is 0 Å². The van der Waals surface area contributed by atoms with Crippen molar-refractivity contribution in [3.8, 4) is 0 Å². The van der Waals surface area contributed by atoms with Crippen molar-refractivity contribution in [3.63, 3.8) is 0 Å². The number of aliphatic hydroxyl groups is 1. The molecule has 1 unspecified atom stereocenters. The minimum Gasteiger partial charge on any atom is -0.396 e. The number of piperidine rings is 1. The molecule has 7 heteroatoms. The molecule has 1 heterocycles. The average molecular weight is 569 g/mol. The van der Waals surface area contributed by atoms with Crippen molar-refractivity contribution in [2.24, 2.45) is 10.9 Å². The number of hydrogen-bond acceptors (Lipinski definition) is 4. The summed E-state index contributed by atoms with van der Waals surface area (Å²) in [5, 5.41) is 16.6. The molecule has 0 bridgehead atoms. The zero-order valence-electron chi connectivity index (χ0n) is 19.2. The van der Waals surface area contributed by atoms with Crippen molar-refractivity contribution in [2.45, 2.75) is 43.4 Å². The van der Waals surface area contributed by atoms with E-state index in [1.807, 2.05) is 11.8 Å². The predicted molar refractivity (Wildman–Crippen MR) is 148 cm³/mol. The zero-order valence-corrected chi connectivity index (χ0v) is 22.3. The van der Waals surface area contributed by atoms with Gasteiger partial charge in [0.2, 0.25) is 0 Å². The molecule has 3 rings (SSSR count). The smallest absolute Gasteiger partial charge is 0.191 e. The predicted octanol–water partition coefficient (Wildman–Crippen LogP) is 4.75. The first kappa shape index (κ1) is 26.8. The Hall–Kier alpha value is -1.45. The second kappa shape index (κ2) is 14.6. The number of nitrogens with zero attached hydrogens (tertiary/aromatic N) is 2. The van der Waals surface area contributed by atoms with Gasteiger partial charge in [0.25, 0.3) is 0 Å². The Labute approximate surface area is 214 Å². The lowest BCUT2D eigenvalue weighted by molar-refractivity contribution is 0.203. The second-order valence-corrected chi connectivity index (χ2v) is 9.61. The van der Waals surface area contributed by atoms with Crippen molar-refractivity contribution < 1.29 is 5.11 Å². The van der Waals surface area contributed by atoms with Crippen LogP contribution in [0.2, 0.25) is 0 Å². The van der Waals surface area contributed by atoms with Crippen molar-refractivity contribution >= 4 is 47.4 Å². The van der Waals surface area contributed by atoms with Crippen LogP contribution in [0.5, 0.6) is 0 Å². The van der Waals surface area contributed by atoms with Crippen LogP contribution in [0.1, 0.15) is 32.3 Å². The number of nitrogens with one attached hydrogen (secondary N) is 2. The highest BCUT2D eigenvalue weighted by Gasteiger charge is 2.18. The summed E-state index contributed by atoms with van der Waals surface area (Å²) in [5.41, 5.74) is 2.47. The van der Waals surface area contributed by atoms with E-state index in [0.717, 1.165) is 45.0 Å². The fourth-order valence-corrected chi connectivity index (χ4v) is 4.66. The van der Waals surface area contributed by atoms with E-state index >= 15 is 0 Å². The fourth-order valence-electron chi connectivity index (χ4n) is 3.71. The van der Waals surface area contributed by atoms with Crippen LogP contribution in [0.25, 0.3) is 0 Å². The van der Waals surface area contributed by atoms with Gasteiger partial charge in [-0.15, -0.1) is 35.7 Å². The van der Waals surface area contributed by atoms with Crippen LogP contribution in [0.4, 0.5) is 5.69 Å². The van der Waals surface area contributed by atoms with Crippen LogP contribution in [0, 0.1) is 5.92 Å². The molecule has 1 atom stereocenters. The number of aliphatic hydroxyl groups excluding tert-OH is 1. The van der Waals surface area contributed by atoms with Crippen LogP contribution >= 0.6 is 35.7 Å². The maximum absolute atomic E-state index is 9.32. The summed E-state index contributed by atoms with van der Waals surface area (Å²) in [5.74, 6) is 1.33. The first-order chi connectivity index (χ1) is 15.2. The van der Waals surface area contributed by atoms with E-state index < -0.39 is 0 Å². The first-order valence-corrected chi connectivity index (χ1v) is 12.2. The molecule has 1 aliphatic rings. The average Bonchev–Trinajstić information content (AvgIpc) is 2.82. The van der Waals surface area contributed by atoms with Gasteiger partial charge in [0.05, 0.1) is 6.54 Å². The van der Waals surface area contributed by atoms with Gasteiger partial charge in [0.1, 0.15) is 0 Å². The highest BCUT2D eigenvalue weighted by Crippen LogP contribution is 2.24. The third kappa shape index (κ3) is 8.83. The fraction of sp³-hybridized carbons (Fsp3) is 0.480. The Balaban J connectivity index is 0.00000363. The van der Waals surface area contributed by atoms with Gasteiger partial charge < -0.3 is 20.6 Å². The summed E-state index contributed by atoms with van der Waals surface area (Å²) >= 11 is 1.87. The maximum Gasteiger partial charge on any atom is 0.191 e. The number of aliphatic imine (C=N–C) groups is 1. The van der Waals surface area contributed by atoms with E-state index in [0.29, 0.717) is 24.3 Å². The van der Waals surface area contributed by atoms with Crippen LogP contribution in [0.15, 0.2) is 64.5 Å². The van der Waals surface area contributed by atoms with Crippen LogP contribution in [-0.4, -0.2) is 49.1 Å². The molecule has 0 saturated carbocycles. The SMILES string of the molecule is CCNC(=NCc1ccc(N2CCC(CO)CC2)cc1)NCC(C)Sc1ccccc1.I. The van der Waals surface area contributed by atoms with E-state index in [4.69, 9.17) is 4.99 Å². The summed E-state index contributed by atoms with van der Waals surface area (Å²) in [6, 6.07) is 19.3. The third-order valence-electron chi connectivity index (χ3n) is 5.58. The summed E-state index contributed by atoms with van der Waals surface area (Å²) in [6.45, 7) is 9.04. The molecule has 0 aliphatic carbocycles. The molecule has 0 radical (unpaired) electrons. The van der Waals surface area contributed by atoms with Gasteiger partial charge in [0.15, 0.2) is 5.96 Å². The minimum absolute atomic E-state index is 0. The van der Waals surface area contributed by atoms with Crippen LogP contribution in [-0.2, 0) is 6.54 Å². The Morgan fingerprint density at radius 1 is 1.09 bits per heavy atom. The van der Waals surface area contributed by atoms with Gasteiger partial charge in [-0.1, -0.05) is 37.3 Å².